The quantitative estimate of drug-likeness (QED) is 0.552. The number of carbonyl (C=O) groups is 1. The number of aromatic nitrogens is 2. The molecular formula is C23H21N3O2S. The molecule has 2 aromatic heterocycles. The lowest BCUT2D eigenvalue weighted by atomic mass is 9.89. The lowest BCUT2D eigenvalue weighted by molar-refractivity contribution is -0.116. The molecule has 0 aliphatic heterocycles. The minimum absolute atomic E-state index is 0.0496. The van der Waals surface area contributed by atoms with E-state index in [1.807, 2.05) is 42.5 Å². The van der Waals surface area contributed by atoms with Crippen LogP contribution in [-0.2, 0) is 24.2 Å². The van der Waals surface area contributed by atoms with Gasteiger partial charge in [-0.2, -0.15) is 0 Å². The zero-order valence-corrected chi connectivity index (χ0v) is 17.0. The topological polar surface area (TPSA) is 64.0 Å². The predicted molar refractivity (Wildman–Crippen MR) is 118 cm³/mol. The molecule has 0 saturated carbocycles. The number of carbonyl (C=O) groups excluding carboxylic acids is 1. The largest absolute Gasteiger partial charge is 0.324 e. The smallest absolute Gasteiger partial charge is 0.262 e. The average molecular weight is 404 g/mol. The first kappa shape index (κ1) is 18.1. The Morgan fingerprint density at radius 1 is 1.24 bits per heavy atom. The highest BCUT2D eigenvalue weighted by molar-refractivity contribution is 7.18. The molecule has 1 aliphatic rings. The van der Waals surface area contributed by atoms with Gasteiger partial charge < -0.3 is 5.32 Å². The molecule has 0 fully saturated rings. The van der Waals surface area contributed by atoms with E-state index in [1.165, 1.54) is 15.8 Å². The highest BCUT2D eigenvalue weighted by Crippen LogP contribution is 2.35. The fourth-order valence-electron chi connectivity index (χ4n) is 4.16. The van der Waals surface area contributed by atoms with Crippen molar-refractivity contribution < 1.29 is 4.79 Å². The third-order valence-corrected chi connectivity index (χ3v) is 6.82. The van der Waals surface area contributed by atoms with E-state index in [0.717, 1.165) is 46.1 Å². The Labute approximate surface area is 172 Å². The SMILES string of the molecule is CC1CCc2c(sc3ncn(CC(=O)Nc4cccc5ccccc45)c(=O)c23)C1. The second kappa shape index (κ2) is 7.12. The number of nitrogens with one attached hydrogen (secondary N) is 1. The van der Waals surface area contributed by atoms with Gasteiger partial charge in [0.05, 0.1) is 11.7 Å². The molecule has 0 saturated heterocycles. The van der Waals surface area contributed by atoms with Crippen molar-refractivity contribution in [3.63, 3.8) is 0 Å². The van der Waals surface area contributed by atoms with E-state index < -0.39 is 0 Å². The molecule has 1 unspecified atom stereocenters. The summed E-state index contributed by atoms with van der Waals surface area (Å²) in [6.45, 7) is 2.20. The van der Waals surface area contributed by atoms with Crippen molar-refractivity contribution in [2.75, 3.05) is 5.32 Å². The van der Waals surface area contributed by atoms with Crippen LogP contribution in [0.5, 0.6) is 0 Å². The number of thiophene rings is 1. The molecule has 1 N–H and O–H groups in total. The van der Waals surface area contributed by atoms with Gasteiger partial charge in [-0.1, -0.05) is 43.3 Å². The number of hydrogen-bond acceptors (Lipinski definition) is 4. The summed E-state index contributed by atoms with van der Waals surface area (Å²) in [6, 6.07) is 13.7. The van der Waals surface area contributed by atoms with Crippen LogP contribution in [-0.4, -0.2) is 15.5 Å². The third kappa shape index (κ3) is 3.23. The Hall–Kier alpha value is -2.99. The van der Waals surface area contributed by atoms with E-state index >= 15 is 0 Å². The zero-order valence-electron chi connectivity index (χ0n) is 16.1. The van der Waals surface area contributed by atoms with Crippen molar-refractivity contribution in [1.29, 1.82) is 0 Å². The van der Waals surface area contributed by atoms with E-state index in [4.69, 9.17) is 0 Å². The summed E-state index contributed by atoms with van der Waals surface area (Å²) in [5.41, 5.74) is 1.77. The minimum Gasteiger partial charge on any atom is -0.324 e. The average Bonchev–Trinajstić information content (AvgIpc) is 3.08. The molecule has 0 bridgehead atoms. The van der Waals surface area contributed by atoms with Crippen LogP contribution in [0, 0.1) is 5.92 Å². The normalized spacial score (nSPS) is 16.1. The fourth-order valence-corrected chi connectivity index (χ4v) is 5.50. The maximum absolute atomic E-state index is 13.1. The number of benzene rings is 2. The molecule has 0 spiro atoms. The van der Waals surface area contributed by atoms with Crippen LogP contribution in [0.4, 0.5) is 5.69 Å². The molecule has 4 aromatic rings. The first-order valence-corrected chi connectivity index (χ1v) is 10.7. The van der Waals surface area contributed by atoms with E-state index in [1.54, 1.807) is 11.3 Å². The van der Waals surface area contributed by atoms with Gasteiger partial charge in [0.15, 0.2) is 0 Å². The zero-order chi connectivity index (χ0) is 20.0. The van der Waals surface area contributed by atoms with Gasteiger partial charge in [0.25, 0.3) is 5.56 Å². The number of anilines is 1. The van der Waals surface area contributed by atoms with Gasteiger partial charge in [-0.3, -0.25) is 14.2 Å². The summed E-state index contributed by atoms with van der Waals surface area (Å²) in [5.74, 6) is 0.409. The summed E-state index contributed by atoms with van der Waals surface area (Å²) >= 11 is 1.62. The summed E-state index contributed by atoms with van der Waals surface area (Å²) in [7, 11) is 0. The van der Waals surface area contributed by atoms with Crippen LogP contribution in [0.1, 0.15) is 23.8 Å². The predicted octanol–water partition coefficient (Wildman–Crippen LogP) is 4.37. The molecule has 6 heteroatoms. The monoisotopic (exact) mass is 403 g/mol. The molecule has 1 aliphatic carbocycles. The van der Waals surface area contributed by atoms with E-state index in [-0.39, 0.29) is 18.0 Å². The van der Waals surface area contributed by atoms with Crippen LogP contribution in [0.3, 0.4) is 0 Å². The van der Waals surface area contributed by atoms with E-state index in [0.29, 0.717) is 11.3 Å². The maximum atomic E-state index is 13.1. The van der Waals surface area contributed by atoms with Gasteiger partial charge >= 0.3 is 0 Å². The fraction of sp³-hybridized carbons (Fsp3) is 0.261. The molecule has 146 valence electrons. The van der Waals surface area contributed by atoms with Gasteiger partial charge in [0.2, 0.25) is 5.91 Å². The van der Waals surface area contributed by atoms with Crippen LogP contribution >= 0.6 is 11.3 Å². The number of aryl methyl sites for hydroxylation is 1. The Bertz CT molecular complexity index is 1300. The van der Waals surface area contributed by atoms with Crippen LogP contribution in [0.25, 0.3) is 21.0 Å². The van der Waals surface area contributed by atoms with Crippen LogP contribution in [0.15, 0.2) is 53.6 Å². The second-order valence-electron chi connectivity index (χ2n) is 7.78. The van der Waals surface area contributed by atoms with Gasteiger partial charge in [-0.05, 0) is 42.2 Å². The number of nitrogens with zero attached hydrogens (tertiary/aromatic N) is 2. The second-order valence-corrected chi connectivity index (χ2v) is 8.87. The Morgan fingerprint density at radius 3 is 2.97 bits per heavy atom. The molecular weight excluding hydrogens is 382 g/mol. The number of hydrogen-bond donors (Lipinski definition) is 1. The van der Waals surface area contributed by atoms with Crippen molar-refractivity contribution in [2.24, 2.45) is 5.92 Å². The standard InChI is InChI=1S/C23H21N3O2S/c1-14-9-10-17-19(11-14)29-22-21(17)23(28)26(13-24-22)12-20(27)25-18-8-4-6-15-5-2-3-7-16(15)18/h2-8,13-14H,9-12H2,1H3,(H,25,27). The van der Waals surface area contributed by atoms with Gasteiger partial charge in [0.1, 0.15) is 11.4 Å². The molecule has 2 aromatic carbocycles. The number of amides is 1. The lowest BCUT2D eigenvalue weighted by Crippen LogP contribution is -2.28. The Kier molecular flexibility index (Phi) is 4.43. The van der Waals surface area contributed by atoms with Crippen LogP contribution in [0.2, 0.25) is 0 Å². The van der Waals surface area contributed by atoms with E-state index in [2.05, 4.69) is 17.2 Å². The van der Waals surface area contributed by atoms with E-state index in [9.17, 15) is 9.59 Å². The van der Waals surface area contributed by atoms with Crippen molar-refractivity contribution >= 4 is 43.9 Å². The molecule has 5 rings (SSSR count). The number of fused-ring (bicyclic) bond motifs is 4. The van der Waals surface area contributed by atoms with Gasteiger partial charge in [-0.25, -0.2) is 4.98 Å². The Balaban J connectivity index is 1.45. The summed E-state index contributed by atoms with van der Waals surface area (Å²) in [6.07, 6.45) is 4.52. The summed E-state index contributed by atoms with van der Waals surface area (Å²) in [5, 5.41) is 5.69. The molecule has 0 radical (unpaired) electrons. The molecule has 29 heavy (non-hydrogen) atoms. The first-order valence-electron chi connectivity index (χ1n) is 9.87. The highest BCUT2D eigenvalue weighted by Gasteiger charge is 2.23. The van der Waals surface area contributed by atoms with Crippen molar-refractivity contribution in [2.45, 2.75) is 32.7 Å². The van der Waals surface area contributed by atoms with Crippen molar-refractivity contribution in [3.8, 4) is 0 Å². The van der Waals surface area contributed by atoms with Crippen molar-refractivity contribution in [3.05, 3.63) is 69.6 Å². The molecule has 2 heterocycles. The molecule has 5 nitrogen and oxygen atoms in total. The summed E-state index contributed by atoms with van der Waals surface area (Å²) in [4.78, 5) is 32.3. The first-order chi connectivity index (χ1) is 14.1. The van der Waals surface area contributed by atoms with Gasteiger partial charge in [-0.15, -0.1) is 11.3 Å². The summed E-state index contributed by atoms with van der Waals surface area (Å²) < 4.78 is 1.42. The Morgan fingerprint density at radius 2 is 2.07 bits per heavy atom. The van der Waals surface area contributed by atoms with Crippen LogP contribution < -0.4 is 10.9 Å². The van der Waals surface area contributed by atoms with Crippen molar-refractivity contribution in [1.82, 2.24) is 9.55 Å². The number of rotatable bonds is 3. The minimum atomic E-state index is -0.234. The molecule has 1 amide bonds. The molecule has 1 atom stereocenters. The maximum Gasteiger partial charge on any atom is 0.262 e. The van der Waals surface area contributed by atoms with Gasteiger partial charge in [0, 0.05) is 16.0 Å². The third-order valence-electron chi connectivity index (χ3n) is 5.66. The lowest BCUT2D eigenvalue weighted by Gasteiger charge is -2.17. The highest BCUT2D eigenvalue weighted by atomic mass is 32.1.